The number of carbonyl (C=O) groups is 2. The highest BCUT2D eigenvalue weighted by molar-refractivity contribution is 6.14. The number of aryl methyl sites for hydroxylation is 3. The third kappa shape index (κ3) is 3.66. The van der Waals surface area contributed by atoms with Crippen molar-refractivity contribution in [3.05, 3.63) is 95.1 Å². The second kappa shape index (κ2) is 7.55. The zero-order valence-electron chi connectivity index (χ0n) is 16.9. The van der Waals surface area contributed by atoms with E-state index in [0.717, 1.165) is 33.6 Å². The minimum atomic E-state index is -0.694. The van der Waals surface area contributed by atoms with Gasteiger partial charge in [-0.1, -0.05) is 65.2 Å². The summed E-state index contributed by atoms with van der Waals surface area (Å²) in [4.78, 5) is 30.1. The number of piperazine rings is 1. The number of nitrogens with zero attached hydrogens (tertiary/aromatic N) is 2. The monoisotopic (exact) mass is 384 g/mol. The summed E-state index contributed by atoms with van der Waals surface area (Å²) in [6.45, 7) is 6.04. The van der Waals surface area contributed by atoms with Gasteiger partial charge in [-0.25, -0.2) is 0 Å². The van der Waals surface area contributed by atoms with E-state index in [0.29, 0.717) is 0 Å². The highest BCUT2D eigenvalue weighted by Crippen LogP contribution is 2.34. The number of benzene rings is 3. The lowest BCUT2D eigenvalue weighted by Crippen LogP contribution is -2.56. The van der Waals surface area contributed by atoms with Gasteiger partial charge in [-0.3, -0.25) is 14.5 Å². The Morgan fingerprint density at radius 3 is 1.62 bits per heavy atom. The van der Waals surface area contributed by atoms with Gasteiger partial charge in [-0.05, 0) is 50.6 Å². The van der Waals surface area contributed by atoms with Crippen LogP contribution in [0.4, 0.5) is 11.4 Å². The Labute approximate surface area is 171 Å². The summed E-state index contributed by atoms with van der Waals surface area (Å²) in [5, 5.41) is 0. The molecule has 3 aromatic rings. The SMILES string of the molecule is Cc1ccc([C@H]2C(=O)N(c3ccc(C)cc3)CC(=O)N2c2ccc(C)cc2)cc1. The molecule has 29 heavy (non-hydrogen) atoms. The lowest BCUT2D eigenvalue weighted by Gasteiger charge is -2.40. The van der Waals surface area contributed by atoms with E-state index < -0.39 is 6.04 Å². The molecular weight excluding hydrogens is 360 g/mol. The van der Waals surface area contributed by atoms with Crippen molar-refractivity contribution >= 4 is 23.2 Å². The maximum atomic E-state index is 13.6. The van der Waals surface area contributed by atoms with Crippen LogP contribution in [0.25, 0.3) is 0 Å². The zero-order chi connectivity index (χ0) is 20.5. The minimum Gasteiger partial charge on any atom is -0.301 e. The Balaban J connectivity index is 1.80. The average molecular weight is 384 g/mol. The first kappa shape index (κ1) is 18.9. The maximum absolute atomic E-state index is 13.6. The molecule has 0 saturated carbocycles. The molecule has 0 unspecified atom stereocenters. The van der Waals surface area contributed by atoms with Crippen LogP contribution < -0.4 is 9.80 Å². The van der Waals surface area contributed by atoms with Crippen LogP contribution in [0.3, 0.4) is 0 Å². The predicted molar refractivity (Wildman–Crippen MR) is 116 cm³/mol. The summed E-state index contributed by atoms with van der Waals surface area (Å²) in [5.41, 5.74) is 5.63. The Kier molecular flexibility index (Phi) is 4.93. The van der Waals surface area contributed by atoms with Crippen molar-refractivity contribution in [2.24, 2.45) is 0 Å². The number of hydrogen-bond donors (Lipinski definition) is 0. The maximum Gasteiger partial charge on any atom is 0.255 e. The molecule has 3 aromatic carbocycles. The molecule has 0 spiro atoms. The molecule has 4 rings (SSSR count). The van der Waals surface area contributed by atoms with E-state index in [1.165, 1.54) is 0 Å². The molecule has 4 heteroatoms. The molecule has 1 aliphatic heterocycles. The summed E-state index contributed by atoms with van der Waals surface area (Å²) in [6.07, 6.45) is 0. The molecule has 1 fully saturated rings. The molecule has 4 nitrogen and oxygen atoms in total. The average Bonchev–Trinajstić information content (AvgIpc) is 2.71. The second-order valence-electron chi connectivity index (χ2n) is 7.67. The van der Waals surface area contributed by atoms with Gasteiger partial charge in [0.05, 0.1) is 0 Å². The van der Waals surface area contributed by atoms with Crippen molar-refractivity contribution in [3.8, 4) is 0 Å². The van der Waals surface area contributed by atoms with E-state index in [1.54, 1.807) is 9.80 Å². The lowest BCUT2D eigenvalue weighted by molar-refractivity contribution is -0.128. The molecule has 0 radical (unpaired) electrons. The summed E-state index contributed by atoms with van der Waals surface area (Å²) in [6, 6.07) is 22.6. The first-order valence-corrected chi connectivity index (χ1v) is 9.77. The Bertz CT molecular complexity index is 1040. The van der Waals surface area contributed by atoms with Crippen molar-refractivity contribution in [1.29, 1.82) is 0 Å². The molecule has 1 atom stereocenters. The standard InChI is InChI=1S/C25H24N2O2/c1-17-4-10-20(11-5-17)24-25(29)26(21-12-6-18(2)7-13-21)16-23(28)27(24)22-14-8-19(3)9-15-22/h4-15,24H,16H2,1-3H3/t24-/m0/s1. The largest absolute Gasteiger partial charge is 0.301 e. The van der Waals surface area contributed by atoms with E-state index in [-0.39, 0.29) is 18.4 Å². The molecule has 1 saturated heterocycles. The molecule has 2 amide bonds. The van der Waals surface area contributed by atoms with Gasteiger partial charge in [0.25, 0.3) is 5.91 Å². The van der Waals surface area contributed by atoms with Gasteiger partial charge in [0, 0.05) is 11.4 Å². The third-order valence-corrected chi connectivity index (χ3v) is 5.37. The van der Waals surface area contributed by atoms with Gasteiger partial charge < -0.3 is 4.90 Å². The molecule has 1 heterocycles. The Morgan fingerprint density at radius 1 is 0.655 bits per heavy atom. The quantitative estimate of drug-likeness (QED) is 0.655. The topological polar surface area (TPSA) is 40.6 Å². The van der Waals surface area contributed by atoms with Crippen LogP contribution in [0.15, 0.2) is 72.8 Å². The smallest absolute Gasteiger partial charge is 0.255 e. The molecule has 146 valence electrons. The van der Waals surface area contributed by atoms with Gasteiger partial charge in [-0.15, -0.1) is 0 Å². The van der Waals surface area contributed by atoms with E-state index in [2.05, 4.69) is 0 Å². The van der Waals surface area contributed by atoms with E-state index >= 15 is 0 Å². The Morgan fingerprint density at radius 2 is 1.10 bits per heavy atom. The summed E-state index contributed by atoms with van der Waals surface area (Å²) < 4.78 is 0. The van der Waals surface area contributed by atoms with E-state index in [1.807, 2.05) is 93.6 Å². The molecule has 1 aliphatic rings. The van der Waals surface area contributed by atoms with Gasteiger partial charge >= 0.3 is 0 Å². The van der Waals surface area contributed by atoms with Crippen molar-refractivity contribution in [1.82, 2.24) is 0 Å². The number of hydrogen-bond acceptors (Lipinski definition) is 2. The minimum absolute atomic E-state index is 0.0259. The van der Waals surface area contributed by atoms with Crippen molar-refractivity contribution < 1.29 is 9.59 Å². The van der Waals surface area contributed by atoms with Gasteiger partial charge in [0.1, 0.15) is 12.6 Å². The van der Waals surface area contributed by atoms with Crippen LogP contribution in [0.2, 0.25) is 0 Å². The van der Waals surface area contributed by atoms with E-state index in [4.69, 9.17) is 0 Å². The molecular formula is C25H24N2O2. The number of amides is 2. The fourth-order valence-electron chi connectivity index (χ4n) is 3.67. The first-order valence-electron chi connectivity index (χ1n) is 9.77. The first-order chi connectivity index (χ1) is 13.9. The normalized spacial score (nSPS) is 17.0. The zero-order valence-corrected chi connectivity index (χ0v) is 16.9. The second-order valence-corrected chi connectivity index (χ2v) is 7.67. The number of carbonyl (C=O) groups excluding carboxylic acids is 2. The van der Waals surface area contributed by atoms with Crippen molar-refractivity contribution in [2.75, 3.05) is 16.3 Å². The van der Waals surface area contributed by atoms with Crippen LogP contribution >= 0.6 is 0 Å². The third-order valence-electron chi connectivity index (χ3n) is 5.37. The van der Waals surface area contributed by atoms with Crippen molar-refractivity contribution in [3.63, 3.8) is 0 Å². The van der Waals surface area contributed by atoms with Crippen LogP contribution in [-0.4, -0.2) is 18.4 Å². The molecule has 0 aliphatic carbocycles. The highest BCUT2D eigenvalue weighted by atomic mass is 16.2. The summed E-state index contributed by atoms with van der Waals surface area (Å²) >= 11 is 0. The van der Waals surface area contributed by atoms with Crippen LogP contribution in [0.1, 0.15) is 28.3 Å². The van der Waals surface area contributed by atoms with Gasteiger partial charge in [0.2, 0.25) is 5.91 Å². The van der Waals surface area contributed by atoms with Crippen molar-refractivity contribution in [2.45, 2.75) is 26.8 Å². The van der Waals surface area contributed by atoms with Gasteiger partial charge in [-0.2, -0.15) is 0 Å². The number of anilines is 2. The fraction of sp³-hybridized carbons (Fsp3) is 0.200. The van der Waals surface area contributed by atoms with E-state index in [9.17, 15) is 9.59 Å². The fourth-order valence-corrected chi connectivity index (χ4v) is 3.67. The van der Waals surface area contributed by atoms with Gasteiger partial charge in [0.15, 0.2) is 0 Å². The summed E-state index contributed by atoms with van der Waals surface area (Å²) in [5.74, 6) is -0.197. The Hall–Kier alpha value is -3.40. The van der Waals surface area contributed by atoms with Crippen LogP contribution in [0.5, 0.6) is 0 Å². The number of rotatable bonds is 3. The molecule has 0 bridgehead atoms. The molecule has 0 N–H and O–H groups in total. The lowest BCUT2D eigenvalue weighted by atomic mass is 9.98. The van der Waals surface area contributed by atoms with Crippen LogP contribution in [0, 0.1) is 20.8 Å². The summed E-state index contributed by atoms with van der Waals surface area (Å²) in [7, 11) is 0. The molecule has 0 aromatic heterocycles. The van der Waals surface area contributed by atoms with Crippen LogP contribution in [-0.2, 0) is 9.59 Å². The highest BCUT2D eigenvalue weighted by Gasteiger charge is 2.41. The predicted octanol–water partition coefficient (Wildman–Crippen LogP) is 4.73.